The molecule has 0 aliphatic heterocycles. The molecule has 0 amide bonds. The molecular weight excluding hydrogens is 316 g/mol. The number of hydrogen-bond acceptors (Lipinski definition) is 1. The van der Waals surface area contributed by atoms with Crippen molar-refractivity contribution in [2.24, 2.45) is 0 Å². The number of allylic oxidation sites excluding steroid dienone is 4. The van der Waals surface area contributed by atoms with Gasteiger partial charge in [0.1, 0.15) is 0 Å². The predicted molar refractivity (Wildman–Crippen MR) is 43.8 cm³/mol. The Morgan fingerprint density at radius 1 is 0.909 bits per heavy atom. The van der Waals surface area contributed by atoms with Crippen LogP contribution in [0.2, 0.25) is 0 Å². The first-order valence-corrected chi connectivity index (χ1v) is 4.82. The molecule has 0 saturated carbocycles. The van der Waals surface area contributed by atoms with E-state index in [1.807, 2.05) is 0 Å². The van der Waals surface area contributed by atoms with Gasteiger partial charge < -0.3 is 0 Å². The zero-order valence-electron chi connectivity index (χ0n) is 6.88. The zero-order chi connectivity index (χ0) is 8.36. The molecule has 1 aliphatic carbocycles. The summed E-state index contributed by atoms with van der Waals surface area (Å²) in [7, 11) is 1.62. The molecule has 0 bridgehead atoms. The Kier molecular flexibility index (Phi) is 10.2. The summed E-state index contributed by atoms with van der Waals surface area (Å²) >= 11 is 1.62. The van der Waals surface area contributed by atoms with Gasteiger partial charge in [-0.25, -0.2) is 0 Å². The molecule has 0 fully saturated rings. The van der Waals surface area contributed by atoms with Gasteiger partial charge in [0, 0.05) is 0 Å². The van der Waals surface area contributed by atoms with Gasteiger partial charge in [-0.3, -0.25) is 0 Å². The molecule has 11 heavy (non-hydrogen) atoms. The van der Waals surface area contributed by atoms with E-state index in [-0.39, 0.29) is 0 Å². The van der Waals surface area contributed by atoms with Crippen LogP contribution in [-0.2, 0) is 22.8 Å². The van der Waals surface area contributed by atoms with E-state index in [0.717, 1.165) is 0 Å². The Morgan fingerprint density at radius 3 is 1.27 bits per heavy atom. The molecule has 66 valence electrons. The molecule has 1 rings (SSSR count). The summed E-state index contributed by atoms with van der Waals surface area (Å²) in [5, 5.41) is 0. The van der Waals surface area contributed by atoms with E-state index in [0.29, 0.717) is 0 Å². The van der Waals surface area contributed by atoms with Crippen LogP contribution in [-0.4, -0.2) is 7.11 Å². The van der Waals surface area contributed by atoms with Crippen LogP contribution in [0.25, 0.3) is 0 Å². The second kappa shape index (κ2) is 10.1. The molecule has 0 N–H and O–H groups in total. The van der Waals surface area contributed by atoms with Crippen molar-refractivity contribution in [2.45, 2.75) is 25.7 Å². The SMILES string of the molecule is C1=C\CC/C=C\CC/1.C[O][Ir]. The van der Waals surface area contributed by atoms with Crippen molar-refractivity contribution in [1.82, 2.24) is 0 Å². The number of rotatable bonds is 0. The van der Waals surface area contributed by atoms with Crippen LogP contribution in [0.4, 0.5) is 0 Å². The van der Waals surface area contributed by atoms with Crippen molar-refractivity contribution in [2.75, 3.05) is 7.11 Å². The fourth-order valence-corrected chi connectivity index (χ4v) is 0.856. The van der Waals surface area contributed by atoms with E-state index in [9.17, 15) is 0 Å². The summed E-state index contributed by atoms with van der Waals surface area (Å²) in [6, 6.07) is 0. The molecule has 0 unspecified atom stereocenters. The van der Waals surface area contributed by atoms with Gasteiger partial charge in [-0.2, -0.15) is 0 Å². The van der Waals surface area contributed by atoms with Crippen molar-refractivity contribution in [3.8, 4) is 0 Å². The maximum absolute atomic E-state index is 4.25. The number of hydrogen-bond donors (Lipinski definition) is 0. The molecule has 0 spiro atoms. The third-order valence-electron chi connectivity index (χ3n) is 1.33. The topological polar surface area (TPSA) is 9.23 Å². The van der Waals surface area contributed by atoms with Gasteiger partial charge in [-0.15, -0.1) is 0 Å². The molecule has 0 aromatic heterocycles. The van der Waals surface area contributed by atoms with Crippen LogP contribution in [0.3, 0.4) is 0 Å². The van der Waals surface area contributed by atoms with Gasteiger partial charge in [-0.05, 0) is 25.7 Å². The molecule has 0 aromatic carbocycles. The minimum atomic E-state index is 1.23. The van der Waals surface area contributed by atoms with E-state index >= 15 is 0 Å². The molecule has 0 atom stereocenters. The third kappa shape index (κ3) is 10.1. The minimum absolute atomic E-state index is 1.23. The average Bonchev–Trinajstić information content (AvgIpc) is 1.86. The fraction of sp³-hybridized carbons (Fsp3) is 0.556. The van der Waals surface area contributed by atoms with E-state index in [2.05, 4.69) is 27.8 Å². The van der Waals surface area contributed by atoms with Crippen LogP contribution >= 0.6 is 0 Å². The van der Waals surface area contributed by atoms with E-state index < -0.39 is 0 Å². The van der Waals surface area contributed by atoms with Crippen LogP contribution in [0.5, 0.6) is 0 Å². The Morgan fingerprint density at radius 2 is 1.09 bits per heavy atom. The molecule has 0 radical (unpaired) electrons. The monoisotopic (exact) mass is 332 g/mol. The summed E-state index contributed by atoms with van der Waals surface area (Å²) < 4.78 is 4.25. The van der Waals surface area contributed by atoms with E-state index in [4.69, 9.17) is 0 Å². The summed E-state index contributed by atoms with van der Waals surface area (Å²) in [6.07, 6.45) is 14.0. The molecule has 1 nitrogen and oxygen atoms in total. The quantitative estimate of drug-likeness (QED) is 0.620. The van der Waals surface area contributed by atoms with Gasteiger partial charge in [0.15, 0.2) is 0 Å². The van der Waals surface area contributed by atoms with Crippen LogP contribution in [0, 0.1) is 0 Å². The second-order valence-corrected chi connectivity index (χ2v) is 3.21. The van der Waals surface area contributed by atoms with Gasteiger partial charge in [-0.1, -0.05) is 24.3 Å². The first-order chi connectivity index (χ1) is 5.41. The molecular formula is C9H15IrO. The standard InChI is InChI=1S/C8H12.CH3O.Ir/c1-2-4-6-8-7-5-3-1;1-2;/h1-2,7-8H,3-6H2;1H3;/q;-1;+1/b2-1-,8-7-;;. The van der Waals surface area contributed by atoms with Crippen molar-refractivity contribution in [3.63, 3.8) is 0 Å². The Hall–Kier alpha value is 0.0894. The summed E-state index contributed by atoms with van der Waals surface area (Å²) in [5.41, 5.74) is 0. The van der Waals surface area contributed by atoms with Gasteiger partial charge in [0.2, 0.25) is 0 Å². The fourth-order valence-electron chi connectivity index (χ4n) is 0.856. The van der Waals surface area contributed by atoms with Crippen LogP contribution in [0.1, 0.15) is 25.7 Å². The molecule has 0 heterocycles. The van der Waals surface area contributed by atoms with Crippen LogP contribution < -0.4 is 0 Å². The molecule has 0 aromatic rings. The van der Waals surface area contributed by atoms with Crippen molar-refractivity contribution in [3.05, 3.63) is 24.3 Å². The maximum atomic E-state index is 4.25. The van der Waals surface area contributed by atoms with Crippen molar-refractivity contribution < 1.29 is 22.8 Å². The predicted octanol–water partition coefficient (Wildman–Crippen LogP) is 2.77. The normalized spacial score (nSPS) is 22.1. The Bertz CT molecular complexity index is 92.7. The third-order valence-corrected chi connectivity index (χ3v) is 1.33. The Labute approximate surface area is 80.1 Å². The first kappa shape index (κ1) is 11.1. The molecule has 0 saturated heterocycles. The van der Waals surface area contributed by atoms with Crippen molar-refractivity contribution >= 4 is 0 Å². The van der Waals surface area contributed by atoms with Gasteiger partial charge in [0.05, 0.1) is 0 Å². The first-order valence-electron chi connectivity index (χ1n) is 3.84. The molecule has 1 aliphatic rings. The second-order valence-electron chi connectivity index (χ2n) is 2.23. The van der Waals surface area contributed by atoms with Crippen molar-refractivity contribution in [1.29, 1.82) is 0 Å². The summed E-state index contributed by atoms with van der Waals surface area (Å²) in [6.45, 7) is 0. The average molecular weight is 331 g/mol. The zero-order valence-corrected chi connectivity index (χ0v) is 9.27. The summed E-state index contributed by atoms with van der Waals surface area (Å²) in [4.78, 5) is 0. The Balaban J connectivity index is 0.000000292. The van der Waals surface area contributed by atoms with Gasteiger partial charge in [0.25, 0.3) is 0 Å². The molecule has 2 heteroatoms. The van der Waals surface area contributed by atoms with Crippen LogP contribution in [0.15, 0.2) is 24.3 Å². The summed E-state index contributed by atoms with van der Waals surface area (Å²) in [5.74, 6) is 0. The van der Waals surface area contributed by atoms with E-state index in [1.54, 1.807) is 26.4 Å². The van der Waals surface area contributed by atoms with Gasteiger partial charge >= 0.3 is 29.9 Å². The van der Waals surface area contributed by atoms with E-state index in [1.165, 1.54) is 25.7 Å².